The number of rotatable bonds is 8. The molecular weight excluding hydrogens is 475 g/mol. The number of hydrogen-bond acceptors (Lipinski definition) is 5. The highest BCUT2D eigenvalue weighted by atomic mass is 79.9. The van der Waals surface area contributed by atoms with Crippen LogP contribution in [0.15, 0.2) is 57.5 Å². The first kappa shape index (κ1) is 22.6. The molecule has 2 heterocycles. The minimum atomic E-state index is -0.225. The average molecular weight is 501 g/mol. The molecule has 0 unspecified atom stereocenters. The summed E-state index contributed by atoms with van der Waals surface area (Å²) >= 11 is 3.46. The van der Waals surface area contributed by atoms with Crippen molar-refractivity contribution in [2.24, 2.45) is 5.92 Å². The second-order valence-corrected chi connectivity index (χ2v) is 9.01. The first-order valence-corrected chi connectivity index (χ1v) is 11.7. The minimum absolute atomic E-state index is 0.0389. The Balaban J connectivity index is 1.17. The second-order valence-electron chi connectivity index (χ2n) is 8.09. The number of carbonyl (C=O) groups excluding carboxylic acids is 1. The third kappa shape index (κ3) is 6.23. The minimum Gasteiger partial charge on any atom is -0.356 e. The van der Waals surface area contributed by atoms with E-state index in [0.717, 1.165) is 54.4 Å². The molecular formula is C24H26BrFN4O2. The topological polar surface area (TPSA) is 71.3 Å². The van der Waals surface area contributed by atoms with E-state index in [2.05, 4.69) is 36.3 Å². The predicted octanol–water partition coefficient (Wildman–Crippen LogP) is 4.60. The Kier molecular flexibility index (Phi) is 7.65. The lowest BCUT2D eigenvalue weighted by atomic mass is 9.96. The van der Waals surface area contributed by atoms with Gasteiger partial charge in [-0.2, -0.15) is 4.98 Å². The predicted molar refractivity (Wildman–Crippen MR) is 123 cm³/mol. The van der Waals surface area contributed by atoms with Crippen LogP contribution in [-0.2, 0) is 17.8 Å². The number of piperidine rings is 1. The van der Waals surface area contributed by atoms with Crippen molar-refractivity contribution in [3.05, 3.63) is 70.3 Å². The largest absolute Gasteiger partial charge is 0.356 e. The molecule has 4 rings (SSSR count). The van der Waals surface area contributed by atoms with Crippen molar-refractivity contribution in [1.29, 1.82) is 0 Å². The normalized spacial score (nSPS) is 15.1. The van der Waals surface area contributed by atoms with Gasteiger partial charge in [-0.3, -0.25) is 9.69 Å². The van der Waals surface area contributed by atoms with E-state index in [-0.39, 0.29) is 17.6 Å². The Morgan fingerprint density at radius 1 is 1.19 bits per heavy atom. The van der Waals surface area contributed by atoms with Gasteiger partial charge in [0.1, 0.15) is 5.82 Å². The van der Waals surface area contributed by atoms with Gasteiger partial charge in [0.2, 0.25) is 17.6 Å². The highest BCUT2D eigenvalue weighted by Crippen LogP contribution is 2.22. The summed E-state index contributed by atoms with van der Waals surface area (Å²) in [6, 6.07) is 14.3. The van der Waals surface area contributed by atoms with Gasteiger partial charge in [0.25, 0.3) is 0 Å². The van der Waals surface area contributed by atoms with Crippen LogP contribution in [0.5, 0.6) is 0 Å². The molecule has 1 amide bonds. The molecule has 0 saturated carbocycles. The lowest BCUT2D eigenvalue weighted by Crippen LogP contribution is -2.40. The molecule has 1 aromatic heterocycles. The van der Waals surface area contributed by atoms with Crippen LogP contribution in [0.3, 0.4) is 0 Å². The van der Waals surface area contributed by atoms with Crippen molar-refractivity contribution in [2.75, 3.05) is 19.6 Å². The highest BCUT2D eigenvalue weighted by Gasteiger charge is 2.25. The van der Waals surface area contributed by atoms with Gasteiger partial charge < -0.3 is 9.84 Å². The third-order valence-corrected chi connectivity index (χ3v) is 6.22. The number of amides is 1. The van der Waals surface area contributed by atoms with Crippen LogP contribution in [-0.4, -0.2) is 40.6 Å². The maximum absolute atomic E-state index is 12.9. The van der Waals surface area contributed by atoms with Gasteiger partial charge in [-0.05, 0) is 68.6 Å². The standard InChI is InChI=1S/C24H26BrFN4O2/c25-20-5-1-4-19(15-20)23-28-22(32-29-23)16-30-13-10-18(11-14-30)24(31)27-12-2-3-17-6-8-21(26)9-7-17/h1,4-9,15,18H,2-3,10-14,16H2,(H,27,31). The molecule has 0 spiro atoms. The second kappa shape index (κ2) is 10.8. The number of nitrogens with one attached hydrogen (secondary N) is 1. The van der Waals surface area contributed by atoms with E-state index < -0.39 is 0 Å². The van der Waals surface area contributed by atoms with Crippen molar-refractivity contribution in [3.63, 3.8) is 0 Å². The summed E-state index contributed by atoms with van der Waals surface area (Å²) in [5.41, 5.74) is 1.99. The van der Waals surface area contributed by atoms with Crippen molar-refractivity contribution in [1.82, 2.24) is 20.4 Å². The molecule has 2 aromatic carbocycles. The summed E-state index contributed by atoms with van der Waals surface area (Å²) in [6.45, 7) is 2.87. The van der Waals surface area contributed by atoms with Gasteiger partial charge in [-0.25, -0.2) is 4.39 Å². The molecule has 0 bridgehead atoms. The van der Waals surface area contributed by atoms with Crippen LogP contribution >= 0.6 is 15.9 Å². The third-order valence-electron chi connectivity index (χ3n) is 5.72. The number of aromatic nitrogens is 2. The Labute approximate surface area is 195 Å². The van der Waals surface area contributed by atoms with E-state index in [1.165, 1.54) is 12.1 Å². The molecule has 6 nitrogen and oxygen atoms in total. The number of carbonyl (C=O) groups is 1. The molecule has 32 heavy (non-hydrogen) atoms. The number of benzene rings is 2. The van der Waals surface area contributed by atoms with E-state index in [1.807, 2.05) is 24.3 Å². The lowest BCUT2D eigenvalue weighted by molar-refractivity contribution is -0.126. The van der Waals surface area contributed by atoms with Crippen LogP contribution in [0.2, 0.25) is 0 Å². The van der Waals surface area contributed by atoms with E-state index in [0.29, 0.717) is 24.8 Å². The zero-order chi connectivity index (χ0) is 22.3. The fourth-order valence-electron chi connectivity index (χ4n) is 3.91. The molecule has 1 aliphatic heterocycles. The number of likely N-dealkylation sites (tertiary alicyclic amines) is 1. The zero-order valence-electron chi connectivity index (χ0n) is 17.8. The average Bonchev–Trinajstić information content (AvgIpc) is 3.27. The molecule has 1 fully saturated rings. The Hall–Kier alpha value is -2.58. The van der Waals surface area contributed by atoms with Gasteiger partial charge in [-0.1, -0.05) is 45.4 Å². The molecule has 8 heteroatoms. The molecule has 3 aromatic rings. The lowest BCUT2D eigenvalue weighted by Gasteiger charge is -2.30. The number of aryl methyl sites for hydroxylation is 1. The molecule has 1 saturated heterocycles. The van der Waals surface area contributed by atoms with Crippen LogP contribution in [0, 0.1) is 11.7 Å². The monoisotopic (exact) mass is 500 g/mol. The molecule has 0 radical (unpaired) electrons. The van der Waals surface area contributed by atoms with Gasteiger partial charge in [0.15, 0.2) is 0 Å². The van der Waals surface area contributed by atoms with Crippen molar-refractivity contribution < 1.29 is 13.7 Å². The summed E-state index contributed by atoms with van der Waals surface area (Å²) in [6.07, 6.45) is 3.30. The van der Waals surface area contributed by atoms with Gasteiger partial charge in [-0.15, -0.1) is 0 Å². The van der Waals surface area contributed by atoms with Crippen LogP contribution in [0.4, 0.5) is 4.39 Å². The molecule has 0 atom stereocenters. The molecule has 1 N–H and O–H groups in total. The quantitative estimate of drug-likeness (QED) is 0.457. The number of halogens is 2. The first-order valence-electron chi connectivity index (χ1n) is 10.9. The van der Waals surface area contributed by atoms with Crippen LogP contribution < -0.4 is 5.32 Å². The maximum Gasteiger partial charge on any atom is 0.241 e. The van der Waals surface area contributed by atoms with E-state index in [9.17, 15) is 9.18 Å². The smallest absolute Gasteiger partial charge is 0.241 e. The summed E-state index contributed by atoms with van der Waals surface area (Å²) in [7, 11) is 0. The molecule has 1 aliphatic rings. The van der Waals surface area contributed by atoms with Crippen LogP contribution in [0.1, 0.15) is 30.7 Å². The highest BCUT2D eigenvalue weighted by molar-refractivity contribution is 9.10. The summed E-state index contributed by atoms with van der Waals surface area (Å²) < 4.78 is 19.3. The first-order chi connectivity index (χ1) is 15.6. The summed E-state index contributed by atoms with van der Waals surface area (Å²) in [5.74, 6) is 1.10. The van der Waals surface area contributed by atoms with Gasteiger partial charge in [0, 0.05) is 22.5 Å². The molecule has 0 aliphatic carbocycles. The number of hydrogen-bond donors (Lipinski definition) is 1. The fraction of sp³-hybridized carbons (Fsp3) is 0.375. The summed E-state index contributed by atoms with van der Waals surface area (Å²) in [4.78, 5) is 19.2. The van der Waals surface area contributed by atoms with E-state index >= 15 is 0 Å². The molecule has 168 valence electrons. The Morgan fingerprint density at radius 3 is 2.72 bits per heavy atom. The fourth-order valence-corrected chi connectivity index (χ4v) is 4.31. The number of nitrogens with zero attached hydrogens (tertiary/aromatic N) is 3. The SMILES string of the molecule is O=C(NCCCc1ccc(F)cc1)C1CCN(Cc2nc(-c3cccc(Br)c3)no2)CC1. The van der Waals surface area contributed by atoms with Crippen molar-refractivity contribution in [3.8, 4) is 11.4 Å². The maximum atomic E-state index is 12.9. The van der Waals surface area contributed by atoms with E-state index in [4.69, 9.17) is 4.52 Å². The van der Waals surface area contributed by atoms with Crippen molar-refractivity contribution in [2.45, 2.75) is 32.2 Å². The zero-order valence-corrected chi connectivity index (χ0v) is 19.4. The van der Waals surface area contributed by atoms with Crippen LogP contribution in [0.25, 0.3) is 11.4 Å². The van der Waals surface area contributed by atoms with Crippen molar-refractivity contribution >= 4 is 21.8 Å². The summed E-state index contributed by atoms with van der Waals surface area (Å²) in [5, 5.41) is 7.14. The Morgan fingerprint density at radius 2 is 1.97 bits per heavy atom. The van der Waals surface area contributed by atoms with E-state index in [1.54, 1.807) is 12.1 Å². The van der Waals surface area contributed by atoms with Gasteiger partial charge in [0.05, 0.1) is 6.54 Å². The van der Waals surface area contributed by atoms with Gasteiger partial charge >= 0.3 is 0 Å². The Bertz CT molecular complexity index is 1030.